The van der Waals surface area contributed by atoms with Crippen LogP contribution in [-0.2, 0) is 0 Å². The Morgan fingerprint density at radius 2 is 1.90 bits per heavy atom. The van der Waals surface area contributed by atoms with E-state index in [4.69, 9.17) is 10.5 Å². The van der Waals surface area contributed by atoms with Gasteiger partial charge in [-0.2, -0.15) is 0 Å². The molecule has 0 radical (unpaired) electrons. The number of halogens is 2. The highest BCUT2D eigenvalue weighted by molar-refractivity contribution is 9.10. The average Bonchev–Trinajstić information content (AvgIpc) is 2.40. The molecule has 0 fully saturated rings. The van der Waals surface area contributed by atoms with Gasteiger partial charge in [0.1, 0.15) is 11.5 Å². The highest BCUT2D eigenvalue weighted by Crippen LogP contribution is 2.36. The minimum absolute atomic E-state index is 0.0365. The van der Waals surface area contributed by atoms with Crippen LogP contribution < -0.4 is 10.5 Å². The fourth-order valence-corrected chi connectivity index (χ4v) is 2.44. The molecule has 0 bridgehead atoms. The van der Waals surface area contributed by atoms with Crippen molar-refractivity contribution in [3.63, 3.8) is 0 Å². The summed E-state index contributed by atoms with van der Waals surface area (Å²) in [6.45, 7) is 1.85. The summed E-state index contributed by atoms with van der Waals surface area (Å²) in [6, 6.07) is 9.65. The van der Waals surface area contributed by atoms with Crippen molar-refractivity contribution in [3.05, 3.63) is 61.0 Å². The third kappa shape index (κ3) is 3.81. The number of hydrogen-bond acceptors (Lipinski definition) is 4. The van der Waals surface area contributed by atoms with E-state index in [9.17, 15) is 10.1 Å². The van der Waals surface area contributed by atoms with E-state index in [0.29, 0.717) is 16.0 Å². The number of benzene rings is 2. The van der Waals surface area contributed by atoms with Crippen LogP contribution in [0.4, 0.5) is 5.69 Å². The molecule has 0 aromatic heterocycles. The van der Waals surface area contributed by atoms with Crippen molar-refractivity contribution in [3.8, 4) is 11.5 Å². The number of nitrogens with two attached hydrogens (primary N) is 1. The van der Waals surface area contributed by atoms with Crippen LogP contribution in [0.5, 0.6) is 11.5 Å². The number of hydrogen-bond donors (Lipinski definition) is 1. The number of rotatable bonds is 4. The van der Waals surface area contributed by atoms with E-state index in [-0.39, 0.29) is 11.7 Å². The SMILES string of the molecule is CC(N)c1ccc(Br)cc1Oc1cc([N+](=O)[O-])ccc1Br. The predicted molar refractivity (Wildman–Crippen MR) is 87.6 cm³/mol. The van der Waals surface area contributed by atoms with Gasteiger partial charge in [-0.25, -0.2) is 0 Å². The first-order chi connectivity index (χ1) is 9.88. The Labute approximate surface area is 138 Å². The second kappa shape index (κ2) is 6.55. The van der Waals surface area contributed by atoms with Gasteiger partial charge in [-0.15, -0.1) is 0 Å². The number of nitro groups is 1. The summed E-state index contributed by atoms with van der Waals surface area (Å²) in [7, 11) is 0. The van der Waals surface area contributed by atoms with Crippen LogP contribution in [0.2, 0.25) is 0 Å². The monoisotopic (exact) mass is 414 g/mol. The first-order valence-corrected chi connectivity index (χ1v) is 7.64. The van der Waals surface area contributed by atoms with E-state index in [2.05, 4.69) is 31.9 Å². The molecular weight excluding hydrogens is 404 g/mol. The van der Waals surface area contributed by atoms with Gasteiger partial charge in [-0.05, 0) is 41.1 Å². The molecule has 1 atom stereocenters. The first kappa shape index (κ1) is 15.9. The smallest absolute Gasteiger partial charge is 0.273 e. The number of non-ortho nitro benzene ring substituents is 1. The molecule has 110 valence electrons. The molecule has 7 heteroatoms. The molecule has 2 aromatic carbocycles. The Hall–Kier alpha value is -1.44. The molecule has 5 nitrogen and oxygen atoms in total. The molecule has 0 aliphatic carbocycles. The van der Waals surface area contributed by atoms with Crippen molar-refractivity contribution >= 4 is 37.5 Å². The third-order valence-corrected chi connectivity index (χ3v) is 3.96. The molecule has 0 spiro atoms. The van der Waals surface area contributed by atoms with Crippen molar-refractivity contribution in [2.75, 3.05) is 0 Å². The Morgan fingerprint density at radius 1 is 1.19 bits per heavy atom. The third-order valence-electron chi connectivity index (χ3n) is 2.81. The molecule has 2 aromatic rings. The van der Waals surface area contributed by atoms with E-state index >= 15 is 0 Å². The minimum Gasteiger partial charge on any atom is -0.456 e. The molecule has 2 rings (SSSR count). The average molecular weight is 416 g/mol. The van der Waals surface area contributed by atoms with Crippen LogP contribution in [0.25, 0.3) is 0 Å². The maximum Gasteiger partial charge on any atom is 0.273 e. The van der Waals surface area contributed by atoms with Crippen LogP contribution in [0.15, 0.2) is 45.3 Å². The second-order valence-electron chi connectivity index (χ2n) is 4.44. The summed E-state index contributed by atoms with van der Waals surface area (Å²) in [5.74, 6) is 0.921. The van der Waals surface area contributed by atoms with Gasteiger partial charge in [0, 0.05) is 22.1 Å². The number of ether oxygens (including phenoxy) is 1. The fourth-order valence-electron chi connectivity index (χ4n) is 1.78. The second-order valence-corrected chi connectivity index (χ2v) is 6.21. The summed E-state index contributed by atoms with van der Waals surface area (Å²) in [5.41, 5.74) is 6.70. The predicted octanol–water partition coefficient (Wildman–Crippen LogP) is 4.93. The molecule has 0 heterocycles. The summed E-state index contributed by atoms with van der Waals surface area (Å²) in [4.78, 5) is 10.4. The van der Waals surface area contributed by atoms with E-state index in [0.717, 1.165) is 10.0 Å². The summed E-state index contributed by atoms with van der Waals surface area (Å²) >= 11 is 6.70. The van der Waals surface area contributed by atoms with Gasteiger partial charge in [-0.3, -0.25) is 10.1 Å². The largest absolute Gasteiger partial charge is 0.456 e. The summed E-state index contributed by atoms with van der Waals surface area (Å²) < 4.78 is 7.28. The first-order valence-electron chi connectivity index (χ1n) is 6.05. The van der Waals surface area contributed by atoms with Crippen molar-refractivity contribution in [2.24, 2.45) is 5.73 Å². The van der Waals surface area contributed by atoms with E-state index in [1.807, 2.05) is 19.1 Å². The Kier molecular flexibility index (Phi) is 4.97. The van der Waals surface area contributed by atoms with Gasteiger partial charge in [0.2, 0.25) is 0 Å². The van der Waals surface area contributed by atoms with Crippen LogP contribution in [-0.4, -0.2) is 4.92 Å². The molecule has 0 saturated heterocycles. The summed E-state index contributed by atoms with van der Waals surface area (Å²) in [5, 5.41) is 10.9. The molecule has 21 heavy (non-hydrogen) atoms. The van der Waals surface area contributed by atoms with Crippen LogP contribution >= 0.6 is 31.9 Å². The van der Waals surface area contributed by atoms with Crippen molar-refractivity contribution < 1.29 is 9.66 Å². The van der Waals surface area contributed by atoms with Crippen molar-refractivity contribution in [2.45, 2.75) is 13.0 Å². The maximum absolute atomic E-state index is 10.9. The van der Waals surface area contributed by atoms with E-state index < -0.39 is 4.92 Å². The normalized spacial score (nSPS) is 12.0. The molecule has 1 unspecified atom stereocenters. The Morgan fingerprint density at radius 3 is 2.52 bits per heavy atom. The quantitative estimate of drug-likeness (QED) is 0.567. The van der Waals surface area contributed by atoms with Gasteiger partial charge in [0.05, 0.1) is 15.5 Å². The van der Waals surface area contributed by atoms with Gasteiger partial charge in [0.25, 0.3) is 5.69 Å². The van der Waals surface area contributed by atoms with Crippen LogP contribution in [0, 0.1) is 10.1 Å². The van der Waals surface area contributed by atoms with Crippen molar-refractivity contribution in [1.82, 2.24) is 0 Å². The molecule has 0 aliphatic rings. The maximum atomic E-state index is 10.9. The highest BCUT2D eigenvalue weighted by atomic mass is 79.9. The molecule has 2 N–H and O–H groups in total. The fraction of sp³-hybridized carbons (Fsp3) is 0.143. The van der Waals surface area contributed by atoms with Gasteiger partial charge in [-0.1, -0.05) is 22.0 Å². The van der Waals surface area contributed by atoms with E-state index in [1.165, 1.54) is 12.1 Å². The van der Waals surface area contributed by atoms with Gasteiger partial charge < -0.3 is 10.5 Å². The molecule has 0 saturated carbocycles. The standard InChI is InChI=1S/C14H12Br2N2O3/c1-8(17)11-4-2-9(15)6-13(11)21-14-7-10(18(19)20)3-5-12(14)16/h2-8H,17H2,1H3. The van der Waals surface area contributed by atoms with Crippen molar-refractivity contribution in [1.29, 1.82) is 0 Å². The molecule has 0 aliphatic heterocycles. The number of nitro benzene ring substituents is 1. The zero-order valence-electron chi connectivity index (χ0n) is 11.0. The zero-order valence-corrected chi connectivity index (χ0v) is 14.2. The molecule has 0 amide bonds. The van der Waals surface area contributed by atoms with Crippen LogP contribution in [0.3, 0.4) is 0 Å². The lowest BCUT2D eigenvalue weighted by molar-refractivity contribution is -0.384. The van der Waals surface area contributed by atoms with Gasteiger partial charge in [0.15, 0.2) is 0 Å². The highest BCUT2D eigenvalue weighted by Gasteiger charge is 2.14. The van der Waals surface area contributed by atoms with Gasteiger partial charge >= 0.3 is 0 Å². The lowest BCUT2D eigenvalue weighted by atomic mass is 10.1. The zero-order chi connectivity index (χ0) is 15.6. The Bertz CT molecular complexity index is 690. The Balaban J connectivity index is 2.44. The van der Waals surface area contributed by atoms with E-state index in [1.54, 1.807) is 12.1 Å². The number of nitrogens with zero attached hydrogens (tertiary/aromatic N) is 1. The molecular formula is C14H12Br2N2O3. The summed E-state index contributed by atoms with van der Waals surface area (Å²) in [6.07, 6.45) is 0. The lowest BCUT2D eigenvalue weighted by Gasteiger charge is -2.15. The lowest BCUT2D eigenvalue weighted by Crippen LogP contribution is -2.06. The minimum atomic E-state index is -0.466. The topological polar surface area (TPSA) is 78.4 Å². The van der Waals surface area contributed by atoms with Crippen LogP contribution in [0.1, 0.15) is 18.5 Å².